The number of nitrogens with one attached hydrogen (secondary N) is 1. The first-order valence-corrected chi connectivity index (χ1v) is 14.1. The minimum atomic E-state index is -0.136. The standard InChI is InChI=1S/C28H58N3O/c1-4-5-6-7-8-9-10-11-12-13-14-15-16-17-18-19-20-21-22-23-28(32)31-27(26(3)30)24-25(2)29/h24-27H,4-23,29-30H2,1-3H3,(H,31,32). The molecule has 0 aliphatic carbocycles. The molecule has 0 aromatic carbocycles. The van der Waals surface area contributed by atoms with Crippen LogP contribution in [0.2, 0.25) is 0 Å². The first-order chi connectivity index (χ1) is 15.5. The van der Waals surface area contributed by atoms with Crippen LogP contribution >= 0.6 is 0 Å². The van der Waals surface area contributed by atoms with Crippen LogP contribution in [0, 0.1) is 6.42 Å². The first-order valence-electron chi connectivity index (χ1n) is 14.1. The highest BCUT2D eigenvalue weighted by Gasteiger charge is 2.18. The number of carbonyl (C=O) groups is 1. The molecule has 0 saturated carbocycles. The summed E-state index contributed by atoms with van der Waals surface area (Å²) in [6.07, 6.45) is 28.5. The molecule has 0 rings (SSSR count). The molecule has 1 amide bonds. The quantitative estimate of drug-likeness (QED) is 0.135. The Balaban J connectivity index is 3.31. The summed E-state index contributed by atoms with van der Waals surface area (Å²) in [5.41, 5.74) is 11.7. The first kappa shape index (κ1) is 31.4. The van der Waals surface area contributed by atoms with Gasteiger partial charge in [0, 0.05) is 31.0 Å². The van der Waals surface area contributed by atoms with Gasteiger partial charge in [-0.05, 0) is 20.3 Å². The van der Waals surface area contributed by atoms with Crippen LogP contribution in [-0.2, 0) is 4.79 Å². The fourth-order valence-corrected chi connectivity index (χ4v) is 4.30. The number of nitrogens with two attached hydrogens (primary N) is 2. The van der Waals surface area contributed by atoms with Gasteiger partial charge in [0.1, 0.15) is 0 Å². The Morgan fingerprint density at radius 1 is 0.656 bits per heavy atom. The molecular formula is C28H58N3O. The van der Waals surface area contributed by atoms with Gasteiger partial charge in [0.05, 0.1) is 0 Å². The lowest BCUT2D eigenvalue weighted by molar-refractivity contribution is -0.121. The molecule has 32 heavy (non-hydrogen) atoms. The minimum Gasteiger partial charge on any atom is -0.351 e. The van der Waals surface area contributed by atoms with Gasteiger partial charge in [-0.15, -0.1) is 0 Å². The summed E-state index contributed by atoms with van der Waals surface area (Å²) in [6, 6.07) is -0.320. The predicted molar refractivity (Wildman–Crippen MR) is 142 cm³/mol. The highest BCUT2D eigenvalue weighted by molar-refractivity contribution is 5.76. The second kappa shape index (κ2) is 23.5. The Morgan fingerprint density at radius 2 is 1.00 bits per heavy atom. The molecule has 4 heteroatoms. The zero-order valence-electron chi connectivity index (χ0n) is 22.0. The van der Waals surface area contributed by atoms with Crippen LogP contribution in [-0.4, -0.2) is 24.0 Å². The van der Waals surface area contributed by atoms with Crippen LogP contribution in [0.15, 0.2) is 0 Å². The Morgan fingerprint density at radius 3 is 1.31 bits per heavy atom. The molecule has 3 atom stereocenters. The second-order valence-electron chi connectivity index (χ2n) is 10.1. The molecule has 191 valence electrons. The zero-order chi connectivity index (χ0) is 23.9. The third kappa shape index (κ3) is 22.6. The van der Waals surface area contributed by atoms with Gasteiger partial charge in [-0.2, -0.15) is 0 Å². The Kier molecular flexibility index (Phi) is 23.1. The van der Waals surface area contributed by atoms with E-state index >= 15 is 0 Å². The molecule has 0 saturated heterocycles. The Bertz CT molecular complexity index is 398. The van der Waals surface area contributed by atoms with Crippen LogP contribution in [0.1, 0.15) is 149 Å². The van der Waals surface area contributed by atoms with Crippen LogP contribution in [0.5, 0.6) is 0 Å². The number of unbranched alkanes of at least 4 members (excludes halogenated alkanes) is 18. The van der Waals surface area contributed by atoms with Crippen molar-refractivity contribution in [2.75, 3.05) is 0 Å². The van der Waals surface area contributed by atoms with Crippen molar-refractivity contribution in [3.63, 3.8) is 0 Å². The average molecular weight is 453 g/mol. The number of carbonyl (C=O) groups excluding carboxylic acids is 1. The monoisotopic (exact) mass is 452 g/mol. The summed E-state index contributed by atoms with van der Waals surface area (Å²) >= 11 is 0. The van der Waals surface area contributed by atoms with E-state index in [4.69, 9.17) is 11.5 Å². The summed E-state index contributed by atoms with van der Waals surface area (Å²) in [4.78, 5) is 12.1. The van der Waals surface area contributed by atoms with Gasteiger partial charge < -0.3 is 16.8 Å². The minimum absolute atomic E-state index is 0.0683. The molecule has 0 heterocycles. The lowest BCUT2D eigenvalue weighted by atomic mass is 10.0. The van der Waals surface area contributed by atoms with E-state index < -0.39 is 0 Å². The van der Waals surface area contributed by atoms with Gasteiger partial charge in [-0.25, -0.2) is 0 Å². The normalized spacial score (nSPS) is 14.3. The molecule has 4 nitrogen and oxygen atoms in total. The maximum absolute atomic E-state index is 12.1. The molecule has 0 aliphatic heterocycles. The van der Waals surface area contributed by atoms with Crippen LogP contribution in [0.4, 0.5) is 0 Å². The highest BCUT2D eigenvalue weighted by atomic mass is 16.1. The molecule has 1 radical (unpaired) electrons. The van der Waals surface area contributed by atoms with Crippen LogP contribution in [0.3, 0.4) is 0 Å². The van der Waals surface area contributed by atoms with Crippen molar-refractivity contribution in [3.8, 4) is 0 Å². The largest absolute Gasteiger partial charge is 0.351 e. The van der Waals surface area contributed by atoms with Crippen LogP contribution < -0.4 is 16.8 Å². The van der Waals surface area contributed by atoms with Gasteiger partial charge in [-0.3, -0.25) is 4.79 Å². The van der Waals surface area contributed by atoms with E-state index in [-0.39, 0.29) is 24.0 Å². The molecule has 3 unspecified atom stereocenters. The topological polar surface area (TPSA) is 81.1 Å². The number of rotatable bonds is 24. The van der Waals surface area contributed by atoms with Crippen LogP contribution in [0.25, 0.3) is 0 Å². The summed E-state index contributed by atoms with van der Waals surface area (Å²) in [7, 11) is 0. The Labute approximate surface area is 201 Å². The third-order valence-electron chi connectivity index (χ3n) is 6.41. The lowest BCUT2D eigenvalue weighted by Crippen LogP contribution is -2.49. The van der Waals surface area contributed by atoms with Gasteiger partial charge >= 0.3 is 0 Å². The predicted octanol–water partition coefficient (Wildman–Crippen LogP) is 7.19. The van der Waals surface area contributed by atoms with E-state index in [2.05, 4.69) is 12.2 Å². The summed E-state index contributed by atoms with van der Waals surface area (Å²) in [5.74, 6) is 0.0937. The highest BCUT2D eigenvalue weighted by Crippen LogP contribution is 2.15. The van der Waals surface area contributed by atoms with Crippen molar-refractivity contribution in [2.45, 2.75) is 167 Å². The van der Waals surface area contributed by atoms with E-state index in [1.165, 1.54) is 109 Å². The van der Waals surface area contributed by atoms with Crippen molar-refractivity contribution in [3.05, 3.63) is 6.42 Å². The number of hydrogen-bond acceptors (Lipinski definition) is 3. The van der Waals surface area contributed by atoms with Crippen molar-refractivity contribution in [1.29, 1.82) is 0 Å². The second-order valence-corrected chi connectivity index (χ2v) is 10.1. The maximum Gasteiger partial charge on any atom is 0.220 e. The molecule has 0 bridgehead atoms. The van der Waals surface area contributed by atoms with Crippen molar-refractivity contribution >= 4 is 5.91 Å². The third-order valence-corrected chi connectivity index (χ3v) is 6.41. The molecule has 0 aliphatic rings. The molecule has 0 aromatic heterocycles. The fourth-order valence-electron chi connectivity index (χ4n) is 4.30. The van der Waals surface area contributed by atoms with E-state index in [0.29, 0.717) is 6.42 Å². The SMILES string of the molecule is CCCCCCCCCCCCCCCCCCCCCC(=O)NC([CH]C(C)N)C(C)N. The van der Waals surface area contributed by atoms with Gasteiger partial charge in [0.25, 0.3) is 0 Å². The van der Waals surface area contributed by atoms with E-state index in [0.717, 1.165) is 12.8 Å². The molecular weight excluding hydrogens is 394 g/mol. The lowest BCUT2D eigenvalue weighted by Gasteiger charge is -2.23. The van der Waals surface area contributed by atoms with E-state index in [9.17, 15) is 4.79 Å². The van der Waals surface area contributed by atoms with Gasteiger partial charge in [0.15, 0.2) is 0 Å². The van der Waals surface area contributed by atoms with Gasteiger partial charge in [-0.1, -0.05) is 122 Å². The number of hydrogen-bond donors (Lipinski definition) is 3. The average Bonchev–Trinajstić information content (AvgIpc) is 2.74. The molecule has 0 aromatic rings. The smallest absolute Gasteiger partial charge is 0.220 e. The summed E-state index contributed by atoms with van der Waals surface area (Å²) in [6.45, 7) is 6.09. The molecule has 5 N–H and O–H groups in total. The van der Waals surface area contributed by atoms with Crippen molar-refractivity contribution in [2.24, 2.45) is 11.5 Å². The molecule has 0 fully saturated rings. The Hall–Kier alpha value is -0.610. The van der Waals surface area contributed by atoms with Crippen molar-refractivity contribution in [1.82, 2.24) is 5.32 Å². The van der Waals surface area contributed by atoms with Gasteiger partial charge in [0.2, 0.25) is 5.91 Å². The maximum atomic E-state index is 12.1. The fraction of sp³-hybridized carbons (Fsp3) is 0.929. The van der Waals surface area contributed by atoms with E-state index in [1.807, 2.05) is 20.3 Å². The summed E-state index contributed by atoms with van der Waals surface area (Å²) in [5, 5.41) is 3.01. The number of amides is 1. The molecule has 0 spiro atoms. The van der Waals surface area contributed by atoms with E-state index in [1.54, 1.807) is 0 Å². The zero-order valence-corrected chi connectivity index (χ0v) is 22.0. The van der Waals surface area contributed by atoms with Crippen molar-refractivity contribution < 1.29 is 4.79 Å². The summed E-state index contributed by atoms with van der Waals surface area (Å²) < 4.78 is 0.